The Bertz CT molecular complexity index is 698. The van der Waals surface area contributed by atoms with Crippen molar-refractivity contribution in [2.75, 3.05) is 18.1 Å². The maximum Gasteiger partial charge on any atom is 0.258 e. The van der Waals surface area contributed by atoms with Gasteiger partial charge in [0.2, 0.25) is 0 Å². The Morgan fingerprint density at radius 3 is 2.71 bits per heavy atom. The Kier molecular flexibility index (Phi) is 3.61. The number of carbonyl (C=O) groups is 1. The van der Waals surface area contributed by atoms with Gasteiger partial charge in [0.1, 0.15) is 12.4 Å². The molecule has 2 aromatic rings. The lowest BCUT2D eigenvalue weighted by atomic mass is 10.1. The van der Waals surface area contributed by atoms with Gasteiger partial charge in [0.15, 0.2) is 0 Å². The van der Waals surface area contributed by atoms with Gasteiger partial charge >= 0.3 is 0 Å². The summed E-state index contributed by atoms with van der Waals surface area (Å²) in [6.45, 7) is 0.959. The van der Waals surface area contributed by atoms with Gasteiger partial charge in [-0.3, -0.25) is 4.79 Å². The number of hydrogen-bond donors (Lipinski definition) is 0. The molecule has 104 valence electrons. The van der Waals surface area contributed by atoms with Crippen molar-refractivity contribution < 1.29 is 9.53 Å². The Hall–Kier alpha value is -2.73. The van der Waals surface area contributed by atoms with Crippen LogP contribution in [-0.4, -0.2) is 19.1 Å². The maximum absolute atomic E-state index is 12.6. The number of benzene rings is 2. The van der Waals surface area contributed by atoms with E-state index < -0.39 is 0 Å². The topological polar surface area (TPSA) is 29.5 Å². The van der Waals surface area contributed by atoms with Gasteiger partial charge in [0.25, 0.3) is 5.91 Å². The third kappa shape index (κ3) is 2.61. The SMILES string of the molecule is C#CCOc1ccc(C(=O)N2CCc3ccccc32)cc1. The number of rotatable bonds is 3. The molecule has 0 aromatic heterocycles. The molecule has 0 aliphatic carbocycles. The number of anilines is 1. The van der Waals surface area contributed by atoms with Crippen LogP contribution in [0.1, 0.15) is 15.9 Å². The normalized spacial score (nSPS) is 12.6. The fourth-order valence-electron chi connectivity index (χ4n) is 2.52. The molecule has 0 bridgehead atoms. The van der Waals surface area contributed by atoms with E-state index in [1.165, 1.54) is 5.56 Å². The third-order valence-corrected chi connectivity index (χ3v) is 3.56. The van der Waals surface area contributed by atoms with Crippen molar-refractivity contribution in [1.29, 1.82) is 0 Å². The van der Waals surface area contributed by atoms with Crippen molar-refractivity contribution in [3.8, 4) is 18.1 Å². The summed E-state index contributed by atoms with van der Waals surface area (Å²) in [6, 6.07) is 15.1. The van der Waals surface area contributed by atoms with Crippen LogP contribution in [-0.2, 0) is 6.42 Å². The molecule has 0 radical (unpaired) electrons. The molecule has 21 heavy (non-hydrogen) atoms. The summed E-state index contributed by atoms with van der Waals surface area (Å²) in [6.07, 6.45) is 6.05. The fraction of sp³-hybridized carbons (Fsp3) is 0.167. The van der Waals surface area contributed by atoms with Gasteiger partial charge in [0, 0.05) is 17.8 Å². The van der Waals surface area contributed by atoms with Gasteiger partial charge in [-0.25, -0.2) is 0 Å². The van der Waals surface area contributed by atoms with Crippen LogP contribution in [0.15, 0.2) is 48.5 Å². The first kappa shape index (κ1) is 13.3. The van der Waals surface area contributed by atoms with Gasteiger partial charge in [-0.1, -0.05) is 24.1 Å². The average molecular weight is 277 g/mol. The molecule has 3 rings (SSSR count). The van der Waals surface area contributed by atoms with Gasteiger partial charge in [-0.2, -0.15) is 0 Å². The monoisotopic (exact) mass is 277 g/mol. The highest BCUT2D eigenvalue weighted by atomic mass is 16.5. The molecule has 0 saturated carbocycles. The minimum absolute atomic E-state index is 0.0171. The fourth-order valence-corrected chi connectivity index (χ4v) is 2.52. The molecule has 3 heteroatoms. The first-order chi connectivity index (χ1) is 10.3. The van der Waals surface area contributed by atoms with Crippen LogP contribution in [0.5, 0.6) is 5.75 Å². The van der Waals surface area contributed by atoms with Crippen LogP contribution >= 0.6 is 0 Å². The second-order valence-electron chi connectivity index (χ2n) is 4.85. The Morgan fingerprint density at radius 2 is 1.95 bits per heavy atom. The third-order valence-electron chi connectivity index (χ3n) is 3.56. The zero-order chi connectivity index (χ0) is 14.7. The quantitative estimate of drug-likeness (QED) is 0.807. The lowest BCUT2D eigenvalue weighted by molar-refractivity contribution is 0.0989. The molecule has 1 aliphatic rings. The summed E-state index contributed by atoms with van der Waals surface area (Å²) >= 11 is 0. The van der Waals surface area contributed by atoms with E-state index >= 15 is 0 Å². The summed E-state index contributed by atoms with van der Waals surface area (Å²) in [5.74, 6) is 3.10. The predicted molar refractivity (Wildman–Crippen MR) is 82.6 cm³/mol. The van der Waals surface area contributed by atoms with Crippen molar-refractivity contribution in [2.45, 2.75) is 6.42 Å². The number of nitrogens with zero attached hydrogens (tertiary/aromatic N) is 1. The highest BCUT2D eigenvalue weighted by molar-refractivity contribution is 6.07. The van der Waals surface area contributed by atoms with Gasteiger partial charge in [-0.15, -0.1) is 6.42 Å². The highest BCUT2D eigenvalue weighted by Crippen LogP contribution is 2.29. The molecule has 0 atom stereocenters. The summed E-state index contributed by atoms with van der Waals surface area (Å²) in [5, 5.41) is 0. The molecule has 1 amide bonds. The van der Waals surface area contributed by atoms with E-state index in [4.69, 9.17) is 11.2 Å². The number of hydrogen-bond acceptors (Lipinski definition) is 2. The first-order valence-corrected chi connectivity index (χ1v) is 6.85. The number of amides is 1. The molecular weight excluding hydrogens is 262 g/mol. The molecule has 0 fully saturated rings. The number of fused-ring (bicyclic) bond motifs is 1. The molecular formula is C18H15NO2. The van der Waals surface area contributed by atoms with E-state index in [-0.39, 0.29) is 12.5 Å². The molecule has 1 aliphatic heterocycles. The second kappa shape index (κ2) is 5.72. The molecule has 1 heterocycles. The van der Waals surface area contributed by atoms with Gasteiger partial charge < -0.3 is 9.64 Å². The highest BCUT2D eigenvalue weighted by Gasteiger charge is 2.24. The minimum atomic E-state index is 0.0171. The van der Waals surface area contributed by atoms with Crippen LogP contribution in [0.3, 0.4) is 0 Å². The molecule has 0 spiro atoms. The predicted octanol–water partition coefficient (Wildman–Crippen LogP) is 2.90. The summed E-state index contributed by atoms with van der Waals surface area (Å²) in [5.41, 5.74) is 2.88. The largest absolute Gasteiger partial charge is 0.481 e. The molecule has 3 nitrogen and oxygen atoms in total. The zero-order valence-corrected chi connectivity index (χ0v) is 11.6. The van der Waals surface area contributed by atoms with Crippen LogP contribution in [0.25, 0.3) is 0 Å². The Balaban J connectivity index is 1.79. The first-order valence-electron chi connectivity index (χ1n) is 6.85. The summed E-state index contributed by atoms with van der Waals surface area (Å²) in [7, 11) is 0. The molecule has 2 aromatic carbocycles. The van der Waals surface area contributed by atoms with Crippen LogP contribution in [0, 0.1) is 12.3 Å². The van der Waals surface area contributed by atoms with Crippen molar-refractivity contribution in [3.63, 3.8) is 0 Å². The Labute approximate surface area is 124 Å². The van der Waals surface area contributed by atoms with Crippen LogP contribution in [0.2, 0.25) is 0 Å². The zero-order valence-electron chi connectivity index (χ0n) is 11.6. The molecule has 0 N–H and O–H groups in total. The maximum atomic E-state index is 12.6. The van der Waals surface area contributed by atoms with Crippen molar-refractivity contribution >= 4 is 11.6 Å². The number of ether oxygens (including phenoxy) is 1. The van der Waals surface area contributed by atoms with Gasteiger partial charge in [0.05, 0.1) is 0 Å². The molecule has 0 saturated heterocycles. The number of para-hydroxylation sites is 1. The van der Waals surface area contributed by atoms with E-state index in [9.17, 15) is 4.79 Å². The summed E-state index contributed by atoms with van der Waals surface area (Å²) < 4.78 is 5.31. The van der Waals surface area contributed by atoms with E-state index in [0.29, 0.717) is 11.3 Å². The van der Waals surface area contributed by atoms with E-state index in [1.807, 2.05) is 23.1 Å². The smallest absolute Gasteiger partial charge is 0.258 e. The second-order valence-corrected chi connectivity index (χ2v) is 4.85. The van der Waals surface area contributed by atoms with Crippen molar-refractivity contribution in [2.24, 2.45) is 0 Å². The lowest BCUT2D eigenvalue weighted by Gasteiger charge is -2.17. The van der Waals surface area contributed by atoms with Crippen LogP contribution < -0.4 is 9.64 Å². The van der Waals surface area contributed by atoms with Crippen molar-refractivity contribution in [1.82, 2.24) is 0 Å². The Morgan fingerprint density at radius 1 is 1.19 bits per heavy atom. The standard InChI is InChI=1S/C18H15NO2/c1-2-13-21-16-9-7-15(8-10-16)18(20)19-12-11-14-5-3-4-6-17(14)19/h1,3-10H,11-13H2. The van der Waals surface area contributed by atoms with Crippen LogP contribution in [0.4, 0.5) is 5.69 Å². The van der Waals surface area contributed by atoms with E-state index in [0.717, 1.165) is 18.7 Å². The molecule has 0 unspecified atom stereocenters. The van der Waals surface area contributed by atoms with E-state index in [1.54, 1.807) is 24.3 Å². The van der Waals surface area contributed by atoms with E-state index in [2.05, 4.69) is 12.0 Å². The van der Waals surface area contributed by atoms with Crippen molar-refractivity contribution in [3.05, 3.63) is 59.7 Å². The number of terminal acetylenes is 1. The van der Waals surface area contributed by atoms with Gasteiger partial charge in [-0.05, 0) is 42.3 Å². The summed E-state index contributed by atoms with van der Waals surface area (Å²) in [4.78, 5) is 14.4. The minimum Gasteiger partial charge on any atom is -0.481 e. The number of carbonyl (C=O) groups excluding carboxylic acids is 1. The lowest BCUT2D eigenvalue weighted by Crippen LogP contribution is -2.28. The average Bonchev–Trinajstić information content (AvgIpc) is 2.97.